The number of amides is 1. The van der Waals surface area contributed by atoms with Crippen molar-refractivity contribution in [3.8, 4) is 0 Å². The molecule has 0 spiro atoms. The van der Waals surface area contributed by atoms with Crippen LogP contribution in [0.2, 0.25) is 0 Å². The number of ether oxygens (including phenoxy) is 1. The fourth-order valence-corrected chi connectivity index (χ4v) is 1.59. The van der Waals surface area contributed by atoms with E-state index in [9.17, 15) is 9.90 Å². The maximum absolute atomic E-state index is 11.6. The number of hydrogen-bond acceptors (Lipinski definition) is 4. The second-order valence-corrected chi connectivity index (χ2v) is 5.03. The molecule has 3 N–H and O–H groups in total. The number of β-amino-alcohol motifs (C(OH)–C–C–N with tert-alkyl or cyclic N) is 1. The fraction of sp³-hybridized carbons (Fsp3) is 0.900. The average molecular weight is 216 g/mol. The first-order valence-corrected chi connectivity index (χ1v) is 5.19. The summed E-state index contributed by atoms with van der Waals surface area (Å²) in [5.74, 6) is 0. The summed E-state index contributed by atoms with van der Waals surface area (Å²) in [4.78, 5) is 13.1. The van der Waals surface area contributed by atoms with Crippen LogP contribution in [0.5, 0.6) is 0 Å². The Morgan fingerprint density at radius 3 is 2.53 bits per heavy atom. The van der Waals surface area contributed by atoms with E-state index < -0.39 is 17.8 Å². The predicted octanol–water partition coefficient (Wildman–Crippen LogP) is 0.315. The molecule has 0 bridgehead atoms. The summed E-state index contributed by atoms with van der Waals surface area (Å²) in [6.07, 6.45) is -0.405. The third-order valence-electron chi connectivity index (χ3n) is 2.11. The number of aliphatic hydroxyl groups is 1. The van der Waals surface area contributed by atoms with Crippen molar-refractivity contribution in [2.75, 3.05) is 13.1 Å². The molecule has 0 aromatic carbocycles. The maximum Gasteiger partial charge on any atom is 0.410 e. The number of nitrogens with two attached hydrogens (primary N) is 1. The highest BCUT2D eigenvalue weighted by Crippen LogP contribution is 2.14. The minimum Gasteiger partial charge on any atom is -0.444 e. The lowest BCUT2D eigenvalue weighted by Gasteiger charge is -2.35. The zero-order valence-electron chi connectivity index (χ0n) is 9.56. The quantitative estimate of drug-likeness (QED) is 0.611. The third kappa shape index (κ3) is 4.05. The molecule has 0 unspecified atom stereocenters. The van der Waals surface area contributed by atoms with Gasteiger partial charge >= 0.3 is 6.09 Å². The molecule has 1 aliphatic rings. The van der Waals surface area contributed by atoms with Crippen LogP contribution < -0.4 is 5.73 Å². The molecule has 1 aliphatic heterocycles. The molecule has 88 valence electrons. The normalized spacial score (nSPS) is 27.7. The molecular weight excluding hydrogens is 196 g/mol. The van der Waals surface area contributed by atoms with Gasteiger partial charge in [-0.15, -0.1) is 0 Å². The Balaban J connectivity index is 2.52. The van der Waals surface area contributed by atoms with Gasteiger partial charge in [-0.05, 0) is 27.2 Å². The van der Waals surface area contributed by atoms with Gasteiger partial charge in [0.05, 0.1) is 12.6 Å². The number of rotatable bonds is 0. The molecule has 0 saturated carbocycles. The molecule has 1 saturated heterocycles. The average Bonchev–Trinajstić information content (AvgIpc) is 1.98. The van der Waals surface area contributed by atoms with Gasteiger partial charge in [-0.2, -0.15) is 0 Å². The minimum absolute atomic E-state index is 0.165. The summed E-state index contributed by atoms with van der Waals surface area (Å²) < 4.78 is 5.19. The van der Waals surface area contributed by atoms with Crippen molar-refractivity contribution >= 4 is 6.09 Å². The third-order valence-corrected chi connectivity index (χ3v) is 2.11. The first-order chi connectivity index (χ1) is 6.78. The van der Waals surface area contributed by atoms with Crippen LogP contribution in [0.15, 0.2) is 0 Å². The monoisotopic (exact) mass is 216 g/mol. The van der Waals surface area contributed by atoms with E-state index in [1.54, 1.807) is 0 Å². The molecule has 1 rings (SSSR count). The van der Waals surface area contributed by atoms with Crippen LogP contribution in [-0.4, -0.2) is 46.9 Å². The fourth-order valence-electron chi connectivity index (χ4n) is 1.59. The van der Waals surface area contributed by atoms with Gasteiger partial charge in [-0.25, -0.2) is 4.79 Å². The zero-order chi connectivity index (χ0) is 11.6. The van der Waals surface area contributed by atoms with E-state index in [0.717, 1.165) is 0 Å². The second kappa shape index (κ2) is 4.37. The summed E-state index contributed by atoms with van der Waals surface area (Å²) in [5.41, 5.74) is 5.20. The minimum atomic E-state index is -0.540. The Labute approximate surface area is 90.2 Å². The molecule has 1 amide bonds. The van der Waals surface area contributed by atoms with Crippen LogP contribution in [0.25, 0.3) is 0 Å². The Hall–Kier alpha value is -0.810. The molecule has 0 aromatic heterocycles. The summed E-state index contributed by atoms with van der Waals surface area (Å²) in [5, 5.41) is 9.47. The SMILES string of the molecule is CC(C)(C)OC(=O)N1C[C@H](N)C[C@H](O)C1. The molecule has 0 aromatic rings. The highest BCUT2D eigenvalue weighted by atomic mass is 16.6. The Morgan fingerprint density at radius 2 is 2.07 bits per heavy atom. The lowest BCUT2D eigenvalue weighted by atomic mass is 10.0. The largest absolute Gasteiger partial charge is 0.444 e. The van der Waals surface area contributed by atoms with Gasteiger partial charge in [-0.3, -0.25) is 0 Å². The van der Waals surface area contributed by atoms with Crippen molar-refractivity contribution < 1.29 is 14.6 Å². The second-order valence-electron chi connectivity index (χ2n) is 5.03. The molecule has 1 heterocycles. The van der Waals surface area contributed by atoms with Crippen molar-refractivity contribution in [1.82, 2.24) is 4.90 Å². The molecule has 5 nitrogen and oxygen atoms in total. The van der Waals surface area contributed by atoms with Crippen LogP contribution in [0, 0.1) is 0 Å². The topological polar surface area (TPSA) is 75.8 Å². The molecule has 15 heavy (non-hydrogen) atoms. The van der Waals surface area contributed by atoms with Crippen LogP contribution >= 0.6 is 0 Å². The number of piperidine rings is 1. The van der Waals surface area contributed by atoms with Crippen molar-refractivity contribution in [1.29, 1.82) is 0 Å². The van der Waals surface area contributed by atoms with Crippen LogP contribution in [0.1, 0.15) is 27.2 Å². The number of nitrogens with zero attached hydrogens (tertiary/aromatic N) is 1. The number of carbonyl (C=O) groups is 1. The van der Waals surface area contributed by atoms with Gasteiger partial charge in [0, 0.05) is 12.6 Å². The van der Waals surface area contributed by atoms with Crippen molar-refractivity contribution in [2.45, 2.75) is 44.9 Å². The highest BCUT2D eigenvalue weighted by molar-refractivity contribution is 5.68. The first-order valence-electron chi connectivity index (χ1n) is 5.19. The van der Waals surface area contributed by atoms with E-state index in [2.05, 4.69) is 0 Å². The summed E-state index contributed by atoms with van der Waals surface area (Å²) in [7, 11) is 0. The maximum atomic E-state index is 11.6. The predicted molar refractivity (Wildman–Crippen MR) is 56.4 cm³/mol. The molecule has 1 fully saturated rings. The van der Waals surface area contributed by atoms with Crippen LogP contribution in [0.3, 0.4) is 0 Å². The van der Waals surface area contributed by atoms with Gasteiger partial charge < -0.3 is 20.5 Å². The summed E-state index contributed by atoms with van der Waals surface area (Å²) >= 11 is 0. The lowest BCUT2D eigenvalue weighted by Crippen LogP contribution is -2.52. The van der Waals surface area contributed by atoms with Crippen molar-refractivity contribution in [3.05, 3.63) is 0 Å². The van der Waals surface area contributed by atoms with E-state index >= 15 is 0 Å². The van der Waals surface area contributed by atoms with Gasteiger partial charge in [0.25, 0.3) is 0 Å². The standard InChI is InChI=1S/C10H20N2O3/c1-10(2,3)15-9(14)12-5-7(11)4-8(13)6-12/h7-8,13H,4-6,11H2,1-3H3/t7-,8+/m1/s1. The Bertz CT molecular complexity index is 227. The molecule has 0 aliphatic carbocycles. The highest BCUT2D eigenvalue weighted by Gasteiger charge is 2.29. The first kappa shape index (κ1) is 12.3. The van der Waals surface area contributed by atoms with E-state index in [1.807, 2.05) is 20.8 Å². The van der Waals surface area contributed by atoms with Gasteiger partial charge in [-0.1, -0.05) is 0 Å². The number of aliphatic hydroxyl groups excluding tert-OH is 1. The van der Waals surface area contributed by atoms with Crippen LogP contribution in [0.4, 0.5) is 4.79 Å². The molecular formula is C10H20N2O3. The number of carbonyl (C=O) groups excluding carboxylic acids is 1. The van der Waals surface area contributed by atoms with Gasteiger partial charge in [0.2, 0.25) is 0 Å². The van der Waals surface area contributed by atoms with E-state index in [0.29, 0.717) is 19.5 Å². The molecule has 5 heteroatoms. The molecule has 2 atom stereocenters. The van der Waals surface area contributed by atoms with E-state index in [1.165, 1.54) is 4.90 Å². The van der Waals surface area contributed by atoms with Crippen molar-refractivity contribution in [2.24, 2.45) is 5.73 Å². The number of hydrogen-bond donors (Lipinski definition) is 2. The van der Waals surface area contributed by atoms with E-state index in [4.69, 9.17) is 10.5 Å². The Morgan fingerprint density at radius 1 is 1.47 bits per heavy atom. The van der Waals surface area contributed by atoms with Crippen molar-refractivity contribution in [3.63, 3.8) is 0 Å². The van der Waals surface area contributed by atoms with Gasteiger partial charge in [0.15, 0.2) is 0 Å². The lowest BCUT2D eigenvalue weighted by molar-refractivity contribution is 0.000482. The van der Waals surface area contributed by atoms with Gasteiger partial charge in [0.1, 0.15) is 5.60 Å². The van der Waals surface area contributed by atoms with Crippen LogP contribution in [-0.2, 0) is 4.74 Å². The number of likely N-dealkylation sites (tertiary alicyclic amines) is 1. The van der Waals surface area contributed by atoms with E-state index in [-0.39, 0.29) is 6.04 Å². The Kier molecular flexibility index (Phi) is 3.57. The summed E-state index contributed by atoms with van der Waals surface area (Å²) in [6, 6.07) is -0.165. The zero-order valence-corrected chi connectivity index (χ0v) is 9.56. The smallest absolute Gasteiger partial charge is 0.410 e. The summed E-state index contributed by atoms with van der Waals surface area (Å²) in [6.45, 7) is 6.19. The molecule has 0 radical (unpaired) electrons.